The molecule has 4 nitrogen and oxygen atoms in total. The maximum atomic E-state index is 6.11. The van der Waals surface area contributed by atoms with Crippen LogP contribution in [0.2, 0.25) is 0 Å². The average Bonchev–Trinajstić information content (AvgIpc) is 2.82. The van der Waals surface area contributed by atoms with Gasteiger partial charge in [0, 0.05) is 11.8 Å². The molecule has 0 saturated carbocycles. The topological polar surface area (TPSA) is 53.1 Å². The van der Waals surface area contributed by atoms with Crippen LogP contribution in [0.25, 0.3) is 16.7 Å². The first-order valence-corrected chi connectivity index (χ1v) is 7.02. The Morgan fingerprint density at radius 3 is 2.67 bits per heavy atom. The minimum atomic E-state index is 0.468. The van der Waals surface area contributed by atoms with Crippen LogP contribution in [-0.4, -0.2) is 16.7 Å². The molecule has 0 fully saturated rings. The second kappa shape index (κ2) is 5.13. The highest BCUT2D eigenvalue weighted by Crippen LogP contribution is 2.28. The van der Waals surface area contributed by atoms with E-state index in [1.54, 1.807) is 7.11 Å². The molecule has 3 aromatic rings. The molecule has 0 spiro atoms. The Morgan fingerprint density at radius 1 is 1.14 bits per heavy atom. The number of benzene rings is 2. The van der Waals surface area contributed by atoms with Gasteiger partial charge < -0.3 is 10.5 Å². The first-order chi connectivity index (χ1) is 10.1. The Labute approximate surface area is 124 Å². The third-order valence-electron chi connectivity index (χ3n) is 3.68. The lowest BCUT2D eigenvalue weighted by molar-refractivity contribution is 0.415. The van der Waals surface area contributed by atoms with E-state index < -0.39 is 0 Å². The SMILES string of the molecule is COc1ccc2nc(N)n(-c3cccc(C(C)C)c3)c2c1. The lowest BCUT2D eigenvalue weighted by atomic mass is 10.0. The van der Waals surface area contributed by atoms with Gasteiger partial charge in [0.05, 0.1) is 18.1 Å². The standard InChI is InChI=1S/C17H19N3O/c1-11(2)12-5-4-6-13(9-12)20-16-10-14(21-3)7-8-15(16)19-17(20)18/h4-11H,1-3H3,(H2,18,19). The number of fused-ring (bicyclic) bond motifs is 1. The molecular formula is C17H19N3O. The van der Waals surface area contributed by atoms with Crippen LogP contribution >= 0.6 is 0 Å². The summed E-state index contributed by atoms with van der Waals surface area (Å²) in [6.07, 6.45) is 0. The third kappa shape index (κ3) is 2.33. The van der Waals surface area contributed by atoms with Crippen molar-refractivity contribution >= 4 is 17.0 Å². The number of anilines is 1. The third-order valence-corrected chi connectivity index (χ3v) is 3.68. The summed E-state index contributed by atoms with van der Waals surface area (Å²) < 4.78 is 7.26. The summed E-state index contributed by atoms with van der Waals surface area (Å²) in [5.41, 5.74) is 10.2. The summed E-state index contributed by atoms with van der Waals surface area (Å²) in [6, 6.07) is 14.2. The van der Waals surface area contributed by atoms with E-state index >= 15 is 0 Å². The maximum Gasteiger partial charge on any atom is 0.205 e. The number of nitrogen functional groups attached to an aromatic ring is 1. The summed E-state index contributed by atoms with van der Waals surface area (Å²) in [6.45, 7) is 4.36. The Balaban J connectivity index is 2.23. The number of aromatic nitrogens is 2. The van der Waals surface area contributed by atoms with Crippen molar-refractivity contribution in [1.29, 1.82) is 0 Å². The van der Waals surface area contributed by atoms with Gasteiger partial charge in [-0.05, 0) is 35.7 Å². The van der Waals surface area contributed by atoms with Gasteiger partial charge in [-0.1, -0.05) is 26.0 Å². The van der Waals surface area contributed by atoms with Crippen molar-refractivity contribution in [2.45, 2.75) is 19.8 Å². The van der Waals surface area contributed by atoms with Gasteiger partial charge in [-0.3, -0.25) is 4.57 Å². The molecule has 1 aromatic heterocycles. The normalized spacial score (nSPS) is 11.2. The Kier molecular flexibility index (Phi) is 3.29. The average molecular weight is 281 g/mol. The molecule has 0 bridgehead atoms. The largest absolute Gasteiger partial charge is 0.497 e. The van der Waals surface area contributed by atoms with Gasteiger partial charge >= 0.3 is 0 Å². The van der Waals surface area contributed by atoms with E-state index in [0.29, 0.717) is 11.9 Å². The number of rotatable bonds is 3. The Bertz CT molecular complexity index is 790. The lowest BCUT2D eigenvalue weighted by Gasteiger charge is -2.11. The number of methoxy groups -OCH3 is 1. The molecule has 0 saturated heterocycles. The summed E-state index contributed by atoms with van der Waals surface area (Å²) in [5.74, 6) is 1.75. The highest BCUT2D eigenvalue weighted by Gasteiger charge is 2.12. The minimum Gasteiger partial charge on any atom is -0.497 e. The Hall–Kier alpha value is -2.49. The zero-order valence-electron chi connectivity index (χ0n) is 12.5. The van der Waals surface area contributed by atoms with E-state index in [1.165, 1.54) is 5.56 Å². The molecule has 0 radical (unpaired) electrons. The monoisotopic (exact) mass is 281 g/mol. The molecule has 2 aromatic carbocycles. The fraction of sp³-hybridized carbons (Fsp3) is 0.235. The van der Waals surface area contributed by atoms with Crippen LogP contribution in [0.3, 0.4) is 0 Å². The highest BCUT2D eigenvalue weighted by molar-refractivity contribution is 5.82. The summed E-state index contributed by atoms with van der Waals surface area (Å²) >= 11 is 0. The van der Waals surface area contributed by atoms with E-state index in [9.17, 15) is 0 Å². The molecule has 4 heteroatoms. The predicted molar refractivity (Wildman–Crippen MR) is 86.1 cm³/mol. The second-order valence-electron chi connectivity index (χ2n) is 5.41. The van der Waals surface area contributed by atoms with Crippen LogP contribution in [-0.2, 0) is 0 Å². The van der Waals surface area contributed by atoms with Crippen LogP contribution in [0.5, 0.6) is 5.75 Å². The molecule has 3 rings (SSSR count). The Morgan fingerprint density at radius 2 is 1.95 bits per heavy atom. The van der Waals surface area contributed by atoms with E-state index in [4.69, 9.17) is 10.5 Å². The van der Waals surface area contributed by atoms with Gasteiger partial charge in [0.2, 0.25) is 5.95 Å². The van der Waals surface area contributed by atoms with E-state index in [2.05, 4.69) is 37.0 Å². The number of nitrogens with zero attached hydrogens (tertiary/aromatic N) is 2. The van der Waals surface area contributed by atoms with Gasteiger partial charge in [-0.2, -0.15) is 0 Å². The molecule has 0 aliphatic rings. The van der Waals surface area contributed by atoms with Gasteiger partial charge in [-0.25, -0.2) is 4.98 Å². The van der Waals surface area contributed by atoms with E-state index in [-0.39, 0.29) is 0 Å². The number of hydrogen-bond acceptors (Lipinski definition) is 3. The number of nitrogens with two attached hydrogens (primary N) is 1. The molecule has 0 atom stereocenters. The van der Waals surface area contributed by atoms with E-state index in [1.807, 2.05) is 28.8 Å². The molecule has 2 N–H and O–H groups in total. The number of imidazole rings is 1. The van der Waals surface area contributed by atoms with E-state index in [0.717, 1.165) is 22.5 Å². The van der Waals surface area contributed by atoms with Gasteiger partial charge in [0.25, 0.3) is 0 Å². The molecule has 0 aliphatic carbocycles. The predicted octanol–water partition coefficient (Wildman–Crippen LogP) is 3.74. The summed E-state index contributed by atoms with van der Waals surface area (Å²) in [5, 5.41) is 0. The van der Waals surface area contributed by atoms with Crippen LogP contribution in [0.4, 0.5) is 5.95 Å². The number of ether oxygens (including phenoxy) is 1. The van der Waals surface area contributed by atoms with Gasteiger partial charge in [0.15, 0.2) is 0 Å². The highest BCUT2D eigenvalue weighted by atomic mass is 16.5. The van der Waals surface area contributed by atoms with Crippen LogP contribution in [0.15, 0.2) is 42.5 Å². The van der Waals surface area contributed by atoms with Crippen molar-refractivity contribution in [3.63, 3.8) is 0 Å². The summed E-state index contributed by atoms with van der Waals surface area (Å²) in [4.78, 5) is 4.42. The second-order valence-corrected chi connectivity index (χ2v) is 5.41. The van der Waals surface area contributed by atoms with Crippen LogP contribution in [0, 0.1) is 0 Å². The fourth-order valence-electron chi connectivity index (χ4n) is 2.50. The van der Waals surface area contributed by atoms with Crippen molar-refractivity contribution in [2.24, 2.45) is 0 Å². The first-order valence-electron chi connectivity index (χ1n) is 7.02. The molecule has 21 heavy (non-hydrogen) atoms. The van der Waals surface area contributed by atoms with Crippen molar-refractivity contribution in [2.75, 3.05) is 12.8 Å². The molecule has 0 unspecified atom stereocenters. The quantitative estimate of drug-likeness (QED) is 0.795. The zero-order valence-corrected chi connectivity index (χ0v) is 12.5. The van der Waals surface area contributed by atoms with Crippen molar-refractivity contribution in [3.8, 4) is 11.4 Å². The van der Waals surface area contributed by atoms with Crippen LogP contribution < -0.4 is 10.5 Å². The first kappa shape index (κ1) is 13.5. The van der Waals surface area contributed by atoms with Crippen molar-refractivity contribution < 1.29 is 4.74 Å². The molecule has 1 heterocycles. The molecule has 0 aliphatic heterocycles. The zero-order chi connectivity index (χ0) is 15.0. The summed E-state index contributed by atoms with van der Waals surface area (Å²) in [7, 11) is 1.66. The maximum absolute atomic E-state index is 6.11. The van der Waals surface area contributed by atoms with Crippen molar-refractivity contribution in [1.82, 2.24) is 9.55 Å². The molecular weight excluding hydrogens is 262 g/mol. The van der Waals surface area contributed by atoms with Crippen LogP contribution in [0.1, 0.15) is 25.3 Å². The molecule has 0 amide bonds. The van der Waals surface area contributed by atoms with Crippen molar-refractivity contribution in [3.05, 3.63) is 48.0 Å². The molecule has 108 valence electrons. The lowest BCUT2D eigenvalue weighted by Crippen LogP contribution is -2.01. The van der Waals surface area contributed by atoms with Gasteiger partial charge in [0.1, 0.15) is 5.75 Å². The number of hydrogen-bond donors (Lipinski definition) is 1. The minimum absolute atomic E-state index is 0.468. The van der Waals surface area contributed by atoms with Gasteiger partial charge in [-0.15, -0.1) is 0 Å². The smallest absolute Gasteiger partial charge is 0.205 e. The fourth-order valence-corrected chi connectivity index (χ4v) is 2.50.